The molecule has 0 aromatic carbocycles. The maximum Gasteiger partial charge on any atom is 0.408 e. The van der Waals surface area contributed by atoms with Crippen LogP contribution >= 0.6 is 23.2 Å². The van der Waals surface area contributed by atoms with Crippen molar-refractivity contribution in [2.24, 2.45) is 0 Å². The Morgan fingerprint density at radius 2 is 2.16 bits per heavy atom. The van der Waals surface area contributed by atoms with Crippen LogP contribution in [0.4, 0.5) is 4.79 Å². The summed E-state index contributed by atoms with van der Waals surface area (Å²) in [6.07, 6.45) is 0.887. The predicted molar refractivity (Wildman–Crippen MR) is 73.2 cm³/mol. The van der Waals surface area contributed by atoms with Crippen LogP contribution in [0.5, 0.6) is 0 Å². The number of halogens is 2. The minimum Gasteiger partial charge on any atom is -0.444 e. The Morgan fingerprint density at radius 3 is 2.74 bits per heavy atom. The van der Waals surface area contributed by atoms with E-state index in [-0.39, 0.29) is 17.0 Å². The van der Waals surface area contributed by atoms with Crippen LogP contribution in [0.1, 0.15) is 26.3 Å². The Balaban J connectivity index is 2.50. The lowest BCUT2D eigenvalue weighted by atomic mass is 10.2. The number of alkyl carbamates (subject to hydrolysis) is 1. The number of amides is 1. The molecular formula is C12H13Cl2N3O2. The molecule has 0 aliphatic heterocycles. The molecule has 1 amide bonds. The number of hydrogen-bond acceptors (Lipinski definition) is 4. The highest BCUT2D eigenvalue weighted by atomic mass is 35.5. The van der Waals surface area contributed by atoms with E-state index in [1.54, 1.807) is 20.8 Å². The SMILES string of the molecule is CC(C)(C)OC(=O)NCC#Cc1cnc(Cl)nc1Cl. The van der Waals surface area contributed by atoms with Crippen LogP contribution in [0.15, 0.2) is 6.20 Å². The van der Waals surface area contributed by atoms with Crippen molar-refractivity contribution in [1.82, 2.24) is 15.3 Å². The molecular weight excluding hydrogens is 289 g/mol. The monoisotopic (exact) mass is 301 g/mol. The molecule has 1 N–H and O–H groups in total. The van der Waals surface area contributed by atoms with Gasteiger partial charge in [-0.05, 0) is 32.4 Å². The Labute approximate surface area is 121 Å². The van der Waals surface area contributed by atoms with Gasteiger partial charge in [-0.25, -0.2) is 14.8 Å². The summed E-state index contributed by atoms with van der Waals surface area (Å²) in [6, 6.07) is 0. The maximum absolute atomic E-state index is 11.3. The lowest BCUT2D eigenvalue weighted by molar-refractivity contribution is 0.0535. The molecule has 0 unspecified atom stereocenters. The minimum absolute atomic E-state index is 0.0578. The third-order valence-electron chi connectivity index (χ3n) is 1.66. The molecule has 19 heavy (non-hydrogen) atoms. The highest BCUT2D eigenvalue weighted by Crippen LogP contribution is 2.12. The second-order valence-electron chi connectivity index (χ2n) is 4.50. The number of rotatable bonds is 1. The van der Waals surface area contributed by atoms with E-state index in [2.05, 4.69) is 27.1 Å². The predicted octanol–water partition coefficient (Wildman–Crippen LogP) is 2.66. The van der Waals surface area contributed by atoms with E-state index in [9.17, 15) is 4.79 Å². The molecule has 102 valence electrons. The molecule has 0 atom stereocenters. The summed E-state index contributed by atoms with van der Waals surface area (Å²) in [5.74, 6) is 5.43. The van der Waals surface area contributed by atoms with E-state index in [1.165, 1.54) is 6.20 Å². The van der Waals surface area contributed by atoms with Gasteiger partial charge in [0, 0.05) is 6.20 Å². The quantitative estimate of drug-likeness (QED) is 0.492. The van der Waals surface area contributed by atoms with Gasteiger partial charge in [0.25, 0.3) is 0 Å². The van der Waals surface area contributed by atoms with Crippen molar-refractivity contribution >= 4 is 29.3 Å². The number of nitrogens with zero attached hydrogens (tertiary/aromatic N) is 2. The van der Waals surface area contributed by atoms with Gasteiger partial charge in [0.2, 0.25) is 5.28 Å². The van der Waals surface area contributed by atoms with Gasteiger partial charge in [-0.1, -0.05) is 23.4 Å². The van der Waals surface area contributed by atoms with Crippen LogP contribution in [0.2, 0.25) is 10.4 Å². The second kappa shape index (κ2) is 6.60. The fourth-order valence-corrected chi connectivity index (χ4v) is 1.35. The minimum atomic E-state index is -0.537. The van der Waals surface area contributed by atoms with Gasteiger partial charge >= 0.3 is 6.09 Å². The molecule has 0 fully saturated rings. The summed E-state index contributed by atoms with van der Waals surface area (Å²) in [5.41, 5.74) is -0.0951. The number of carbonyl (C=O) groups is 1. The fourth-order valence-electron chi connectivity index (χ4n) is 0.995. The zero-order valence-corrected chi connectivity index (χ0v) is 12.3. The van der Waals surface area contributed by atoms with E-state index in [0.29, 0.717) is 5.56 Å². The first-order chi connectivity index (χ1) is 8.78. The normalized spacial score (nSPS) is 10.4. The molecule has 0 spiro atoms. The van der Waals surface area contributed by atoms with Gasteiger partial charge in [0.05, 0.1) is 12.1 Å². The number of carbonyl (C=O) groups excluding carboxylic acids is 1. The topological polar surface area (TPSA) is 64.1 Å². The average molecular weight is 302 g/mol. The fraction of sp³-hybridized carbons (Fsp3) is 0.417. The van der Waals surface area contributed by atoms with Gasteiger partial charge in [-0.2, -0.15) is 0 Å². The van der Waals surface area contributed by atoms with Crippen LogP contribution in [-0.4, -0.2) is 28.2 Å². The first kappa shape index (κ1) is 15.5. The van der Waals surface area contributed by atoms with Crippen molar-refractivity contribution in [3.63, 3.8) is 0 Å². The van der Waals surface area contributed by atoms with Crippen LogP contribution in [0.3, 0.4) is 0 Å². The molecule has 0 aliphatic carbocycles. The van der Waals surface area contributed by atoms with Crippen LogP contribution < -0.4 is 5.32 Å². The van der Waals surface area contributed by atoms with Crippen molar-refractivity contribution in [2.75, 3.05) is 6.54 Å². The standard InChI is InChI=1S/C12H13Cl2N3O2/c1-12(2,3)19-11(18)15-6-4-5-8-7-16-10(14)17-9(8)13/h7H,6H2,1-3H3,(H,15,18). The van der Waals surface area contributed by atoms with E-state index in [0.717, 1.165) is 0 Å². The number of ether oxygens (including phenoxy) is 1. The summed E-state index contributed by atoms with van der Waals surface area (Å²) in [7, 11) is 0. The molecule has 1 rings (SSSR count). The zero-order chi connectivity index (χ0) is 14.5. The third kappa shape index (κ3) is 6.27. The Kier molecular flexibility index (Phi) is 5.40. The average Bonchev–Trinajstić information content (AvgIpc) is 2.24. The van der Waals surface area contributed by atoms with Crippen LogP contribution in [0, 0.1) is 11.8 Å². The molecule has 7 heteroatoms. The lowest BCUT2D eigenvalue weighted by Crippen LogP contribution is -2.32. The highest BCUT2D eigenvalue weighted by molar-refractivity contribution is 6.32. The van der Waals surface area contributed by atoms with E-state index >= 15 is 0 Å². The smallest absolute Gasteiger partial charge is 0.408 e. The summed E-state index contributed by atoms with van der Waals surface area (Å²) in [4.78, 5) is 18.8. The molecule has 0 saturated heterocycles. The largest absolute Gasteiger partial charge is 0.444 e. The molecule has 1 aromatic heterocycles. The molecule has 0 radical (unpaired) electrons. The van der Waals surface area contributed by atoms with Crippen molar-refractivity contribution in [3.8, 4) is 11.8 Å². The second-order valence-corrected chi connectivity index (χ2v) is 5.20. The first-order valence-electron chi connectivity index (χ1n) is 5.42. The summed E-state index contributed by atoms with van der Waals surface area (Å²) < 4.78 is 5.04. The first-order valence-corrected chi connectivity index (χ1v) is 6.17. The summed E-state index contributed by atoms with van der Waals surface area (Å²) in [5, 5.41) is 2.72. The number of aromatic nitrogens is 2. The number of hydrogen-bond donors (Lipinski definition) is 1. The Hall–Kier alpha value is -1.51. The van der Waals surface area contributed by atoms with Crippen molar-refractivity contribution in [2.45, 2.75) is 26.4 Å². The number of nitrogens with one attached hydrogen (secondary N) is 1. The van der Waals surface area contributed by atoms with Crippen LogP contribution in [-0.2, 0) is 4.74 Å². The maximum atomic E-state index is 11.3. The molecule has 0 saturated carbocycles. The van der Waals surface area contributed by atoms with Gasteiger partial charge in [0.15, 0.2) is 0 Å². The van der Waals surface area contributed by atoms with Crippen molar-refractivity contribution in [1.29, 1.82) is 0 Å². The van der Waals surface area contributed by atoms with Crippen molar-refractivity contribution in [3.05, 3.63) is 22.2 Å². The molecule has 0 aliphatic rings. The van der Waals surface area contributed by atoms with Gasteiger partial charge in [-0.3, -0.25) is 0 Å². The lowest BCUT2D eigenvalue weighted by Gasteiger charge is -2.18. The molecule has 0 bridgehead atoms. The van der Waals surface area contributed by atoms with E-state index in [4.69, 9.17) is 27.9 Å². The third-order valence-corrected chi connectivity index (χ3v) is 2.13. The molecule has 1 heterocycles. The summed E-state index contributed by atoms with van der Waals surface area (Å²) >= 11 is 11.4. The van der Waals surface area contributed by atoms with Gasteiger partial charge in [0.1, 0.15) is 10.8 Å². The van der Waals surface area contributed by atoms with Crippen LogP contribution in [0.25, 0.3) is 0 Å². The zero-order valence-electron chi connectivity index (χ0n) is 10.8. The Morgan fingerprint density at radius 1 is 1.47 bits per heavy atom. The Bertz CT molecular complexity index is 530. The molecule has 5 nitrogen and oxygen atoms in total. The highest BCUT2D eigenvalue weighted by Gasteiger charge is 2.14. The van der Waals surface area contributed by atoms with Crippen molar-refractivity contribution < 1.29 is 9.53 Å². The van der Waals surface area contributed by atoms with Gasteiger partial charge in [-0.15, -0.1) is 0 Å². The molecule has 1 aromatic rings. The van der Waals surface area contributed by atoms with Gasteiger partial charge < -0.3 is 10.1 Å². The van der Waals surface area contributed by atoms with E-state index < -0.39 is 11.7 Å². The summed E-state index contributed by atoms with van der Waals surface area (Å²) in [6.45, 7) is 5.48. The van der Waals surface area contributed by atoms with E-state index in [1.807, 2.05) is 0 Å².